The minimum atomic E-state index is -5.08. The molecule has 2 aromatic heterocycles. The molecule has 0 aliphatic carbocycles. The molecule has 15 heteroatoms. The van der Waals surface area contributed by atoms with Crippen LogP contribution in [-0.2, 0) is 9.53 Å². The Bertz CT molecular complexity index is 1580. The number of carbonyl (C=O) groups is 2. The third-order valence-electron chi connectivity index (χ3n) is 5.21. The van der Waals surface area contributed by atoms with Crippen molar-refractivity contribution in [2.24, 2.45) is 0 Å². The zero-order valence-electron chi connectivity index (χ0n) is 20.9. The number of hydrogen-bond acceptors (Lipinski definition) is 10. The van der Waals surface area contributed by atoms with Gasteiger partial charge in [-0.2, -0.15) is 18.2 Å². The Morgan fingerprint density at radius 1 is 1.08 bits per heavy atom. The monoisotopic (exact) mass is 549 g/mol. The van der Waals surface area contributed by atoms with Crippen molar-refractivity contribution in [1.82, 2.24) is 15.0 Å². The van der Waals surface area contributed by atoms with Crippen LogP contribution in [0.2, 0.25) is 0 Å². The van der Waals surface area contributed by atoms with Crippen LogP contribution in [0, 0.1) is 13.8 Å². The van der Waals surface area contributed by atoms with Crippen molar-refractivity contribution in [2.45, 2.75) is 20.0 Å². The Hall–Kier alpha value is -5.08. The van der Waals surface area contributed by atoms with E-state index in [2.05, 4.69) is 25.6 Å². The topological polar surface area (TPSA) is 169 Å². The van der Waals surface area contributed by atoms with Gasteiger partial charge in [0, 0.05) is 23.6 Å². The van der Waals surface area contributed by atoms with E-state index in [4.69, 9.17) is 23.8 Å². The van der Waals surface area contributed by atoms with Crippen LogP contribution in [0.3, 0.4) is 0 Å². The maximum atomic E-state index is 12.2. The zero-order chi connectivity index (χ0) is 28.9. The number of anilines is 4. The van der Waals surface area contributed by atoms with Crippen LogP contribution in [0.5, 0.6) is 5.75 Å². The molecule has 0 saturated carbocycles. The number of halogens is 3. The van der Waals surface area contributed by atoms with Crippen molar-refractivity contribution in [3.63, 3.8) is 0 Å². The van der Waals surface area contributed by atoms with Gasteiger partial charge in [-0.25, -0.2) is 19.4 Å². The van der Waals surface area contributed by atoms with Gasteiger partial charge in [0.2, 0.25) is 5.95 Å². The average molecular weight is 549 g/mol. The van der Waals surface area contributed by atoms with E-state index < -0.39 is 23.9 Å². The summed E-state index contributed by atoms with van der Waals surface area (Å²) < 4.78 is 47.0. The van der Waals surface area contributed by atoms with Crippen molar-refractivity contribution in [3.05, 3.63) is 63.8 Å². The molecule has 0 spiro atoms. The molecule has 206 valence electrons. The molecule has 0 unspecified atom stereocenters. The highest BCUT2D eigenvalue weighted by Gasteiger charge is 2.38. The quantitative estimate of drug-likeness (QED) is 0.251. The first-order valence-electron chi connectivity index (χ1n) is 10.9. The van der Waals surface area contributed by atoms with Gasteiger partial charge < -0.3 is 29.6 Å². The van der Waals surface area contributed by atoms with Crippen molar-refractivity contribution in [3.8, 4) is 5.75 Å². The predicted molar refractivity (Wildman–Crippen MR) is 133 cm³/mol. The molecule has 0 radical (unpaired) electrons. The number of esters is 1. The normalized spacial score (nSPS) is 10.8. The summed E-state index contributed by atoms with van der Waals surface area (Å²) in [6.07, 6.45) is -3.71. The number of alkyl halides is 3. The van der Waals surface area contributed by atoms with Gasteiger partial charge in [0.1, 0.15) is 11.3 Å². The molecule has 0 aliphatic heterocycles. The summed E-state index contributed by atoms with van der Waals surface area (Å²) in [5.74, 6) is -2.67. The highest BCUT2D eigenvalue weighted by Crippen LogP contribution is 2.29. The van der Waals surface area contributed by atoms with Gasteiger partial charge in [0.25, 0.3) is 0 Å². The molecule has 4 rings (SSSR count). The fraction of sp³-hybridized carbons (Fsp3) is 0.208. The second kappa shape index (κ2) is 11.5. The van der Waals surface area contributed by atoms with Crippen LogP contribution in [0.1, 0.15) is 21.5 Å². The Kier molecular flexibility index (Phi) is 8.43. The summed E-state index contributed by atoms with van der Waals surface area (Å²) in [6, 6.07) is 8.80. The number of nitrogens with one attached hydrogen (secondary N) is 3. The number of aliphatic carboxylic acids is 1. The first-order valence-corrected chi connectivity index (χ1v) is 10.9. The van der Waals surface area contributed by atoms with Crippen LogP contribution in [-0.4, -0.2) is 52.4 Å². The molecule has 0 amide bonds. The van der Waals surface area contributed by atoms with Crippen molar-refractivity contribution < 1.29 is 41.8 Å². The standard InChI is InChI=1S/C22H21N5O5.C2HF3O2/c1-11-7-14(9-18(30-3)12(11)2)25-21-23-10-15(20(28)31-4)19(27-21)24-13-5-6-17-16(8-13)26-22(29)32-17;3-2(4,5)1(6)7/h5-10H,1-4H3,(H,26,29)(H2,23,24,25,27);(H,6,7). The van der Waals surface area contributed by atoms with Gasteiger partial charge in [0.15, 0.2) is 11.4 Å². The number of hydrogen-bond donors (Lipinski definition) is 4. The molecule has 0 bridgehead atoms. The van der Waals surface area contributed by atoms with Crippen molar-refractivity contribution >= 4 is 46.2 Å². The van der Waals surface area contributed by atoms with Gasteiger partial charge in [-0.15, -0.1) is 0 Å². The average Bonchev–Trinajstić information content (AvgIpc) is 3.25. The first kappa shape index (κ1) is 28.5. The van der Waals surface area contributed by atoms with E-state index in [1.54, 1.807) is 25.3 Å². The number of oxazole rings is 1. The summed E-state index contributed by atoms with van der Waals surface area (Å²) in [6.45, 7) is 3.96. The van der Waals surface area contributed by atoms with Crippen molar-refractivity contribution in [1.29, 1.82) is 0 Å². The number of rotatable bonds is 6. The third kappa shape index (κ3) is 7.03. The van der Waals surface area contributed by atoms with E-state index in [9.17, 15) is 22.8 Å². The van der Waals surface area contributed by atoms with E-state index in [1.807, 2.05) is 26.0 Å². The van der Waals surface area contributed by atoms with E-state index in [0.29, 0.717) is 16.8 Å². The van der Waals surface area contributed by atoms with Gasteiger partial charge in [-0.3, -0.25) is 4.98 Å². The Balaban J connectivity index is 0.000000532. The number of fused-ring (bicyclic) bond motifs is 1. The number of aromatic amines is 1. The predicted octanol–water partition coefficient (Wildman–Crippen LogP) is 4.44. The van der Waals surface area contributed by atoms with Crippen molar-refractivity contribution in [2.75, 3.05) is 24.9 Å². The minimum absolute atomic E-state index is 0.150. The van der Waals surface area contributed by atoms with Crippen LogP contribution in [0.15, 0.2) is 45.7 Å². The SMILES string of the molecule is COC(=O)c1cnc(Nc2cc(C)c(C)c(OC)c2)nc1Nc1ccc2oc(=O)[nH]c2c1.O=C(O)C(F)(F)F. The molecule has 0 fully saturated rings. The highest BCUT2D eigenvalue weighted by atomic mass is 19.4. The molecular weight excluding hydrogens is 527 g/mol. The first-order chi connectivity index (χ1) is 18.3. The Labute approximate surface area is 217 Å². The summed E-state index contributed by atoms with van der Waals surface area (Å²) in [4.78, 5) is 43.8. The molecule has 12 nitrogen and oxygen atoms in total. The smallest absolute Gasteiger partial charge is 0.490 e. The lowest BCUT2D eigenvalue weighted by molar-refractivity contribution is -0.192. The number of carbonyl (C=O) groups excluding carboxylic acids is 1. The molecule has 0 aliphatic rings. The molecule has 0 saturated heterocycles. The lowest BCUT2D eigenvalue weighted by Crippen LogP contribution is -2.21. The van der Waals surface area contributed by atoms with Gasteiger partial charge in [-0.1, -0.05) is 0 Å². The van der Waals surface area contributed by atoms with Crippen LogP contribution in [0.25, 0.3) is 11.1 Å². The Morgan fingerprint density at radius 2 is 1.77 bits per heavy atom. The molecular formula is C24H22F3N5O7. The molecule has 2 aromatic carbocycles. The number of aryl methyl sites for hydroxylation is 1. The summed E-state index contributed by atoms with van der Waals surface area (Å²) in [5.41, 5.74) is 4.47. The van der Waals surface area contributed by atoms with Crippen LogP contribution >= 0.6 is 0 Å². The molecule has 2 heterocycles. The van der Waals surface area contributed by atoms with E-state index in [1.165, 1.54) is 13.3 Å². The molecule has 0 atom stereocenters. The summed E-state index contributed by atoms with van der Waals surface area (Å²) in [7, 11) is 2.89. The number of carboxylic acid groups (broad SMARTS) is 1. The number of H-pyrrole nitrogens is 1. The molecule has 39 heavy (non-hydrogen) atoms. The largest absolute Gasteiger partial charge is 0.496 e. The second-order valence-electron chi connectivity index (χ2n) is 7.85. The third-order valence-corrected chi connectivity index (χ3v) is 5.21. The van der Waals surface area contributed by atoms with Gasteiger partial charge >= 0.3 is 23.9 Å². The number of aromatic nitrogens is 3. The molecule has 4 aromatic rings. The highest BCUT2D eigenvalue weighted by molar-refractivity contribution is 5.95. The van der Waals surface area contributed by atoms with E-state index in [-0.39, 0.29) is 17.3 Å². The number of nitrogens with zero attached hydrogens (tertiary/aromatic N) is 2. The second-order valence-corrected chi connectivity index (χ2v) is 7.85. The summed E-state index contributed by atoms with van der Waals surface area (Å²) >= 11 is 0. The van der Waals surface area contributed by atoms with Gasteiger partial charge in [-0.05, 0) is 49.2 Å². The zero-order valence-corrected chi connectivity index (χ0v) is 20.9. The minimum Gasteiger partial charge on any atom is -0.496 e. The lowest BCUT2D eigenvalue weighted by atomic mass is 10.1. The number of benzene rings is 2. The van der Waals surface area contributed by atoms with Gasteiger partial charge in [0.05, 0.1) is 19.7 Å². The Morgan fingerprint density at radius 3 is 2.38 bits per heavy atom. The number of carboxylic acids is 1. The summed E-state index contributed by atoms with van der Waals surface area (Å²) in [5, 5.41) is 13.3. The maximum absolute atomic E-state index is 12.2. The fourth-order valence-corrected chi connectivity index (χ4v) is 3.20. The van der Waals surface area contributed by atoms with Crippen LogP contribution in [0.4, 0.5) is 36.3 Å². The van der Waals surface area contributed by atoms with E-state index >= 15 is 0 Å². The number of methoxy groups -OCH3 is 2. The lowest BCUT2D eigenvalue weighted by Gasteiger charge is -2.14. The number of ether oxygens (including phenoxy) is 2. The van der Waals surface area contributed by atoms with E-state index in [0.717, 1.165) is 22.6 Å². The molecule has 4 N–H and O–H groups in total. The maximum Gasteiger partial charge on any atom is 0.490 e. The fourth-order valence-electron chi connectivity index (χ4n) is 3.20. The van der Waals surface area contributed by atoms with Crippen LogP contribution < -0.4 is 21.1 Å².